The van der Waals surface area contributed by atoms with Crippen LogP contribution in [0.2, 0.25) is 0 Å². The number of nitrogens with one attached hydrogen (secondary N) is 2. The number of para-hydroxylation sites is 1. The van der Waals surface area contributed by atoms with Crippen LogP contribution in [-0.4, -0.2) is 21.0 Å². The van der Waals surface area contributed by atoms with Gasteiger partial charge in [-0.25, -0.2) is 13.1 Å². The highest BCUT2D eigenvalue weighted by Gasteiger charge is 2.21. The first kappa shape index (κ1) is 16.3. The van der Waals surface area contributed by atoms with Gasteiger partial charge in [-0.1, -0.05) is 38.8 Å². The Hall–Kier alpha value is -1.07. The number of hydrogen-bond donors (Lipinski definition) is 2. The molecule has 0 bridgehead atoms. The molecule has 0 amide bonds. The molecule has 118 valence electrons. The molecule has 1 aliphatic rings. The van der Waals surface area contributed by atoms with E-state index >= 15 is 0 Å². The average molecular weight is 310 g/mol. The fourth-order valence-corrected chi connectivity index (χ4v) is 4.15. The Balaban J connectivity index is 2.17. The lowest BCUT2D eigenvalue weighted by atomic mass is 10.0. The molecular formula is C16H26N2O2S. The number of anilines is 1. The number of sulfonamides is 1. The van der Waals surface area contributed by atoms with E-state index in [4.69, 9.17) is 0 Å². The van der Waals surface area contributed by atoms with Crippen LogP contribution in [0.4, 0.5) is 5.69 Å². The van der Waals surface area contributed by atoms with Crippen molar-refractivity contribution in [1.82, 2.24) is 4.72 Å². The average Bonchev–Trinajstić information content (AvgIpc) is 2.64. The van der Waals surface area contributed by atoms with Gasteiger partial charge in [0.2, 0.25) is 10.0 Å². The van der Waals surface area contributed by atoms with Crippen LogP contribution in [0.15, 0.2) is 29.2 Å². The maximum Gasteiger partial charge on any atom is 0.242 e. The van der Waals surface area contributed by atoms with Gasteiger partial charge in [-0.15, -0.1) is 0 Å². The van der Waals surface area contributed by atoms with E-state index in [2.05, 4.69) is 17.0 Å². The van der Waals surface area contributed by atoms with Crippen molar-refractivity contribution in [3.63, 3.8) is 0 Å². The standard InChI is InChI=1S/C16H26N2O2S/c1-3-17-21(19,20)16-10-5-4-9-15(16)18-14-8-6-7-13(2)11-12-14/h4-5,9-10,13-14,17-18H,3,6-8,11-12H2,1-2H3. The molecular weight excluding hydrogens is 284 g/mol. The molecule has 1 aromatic carbocycles. The van der Waals surface area contributed by atoms with Crippen LogP contribution in [0.1, 0.15) is 46.0 Å². The Morgan fingerprint density at radius 1 is 1.14 bits per heavy atom. The first-order valence-electron chi connectivity index (χ1n) is 7.88. The zero-order chi connectivity index (χ0) is 15.3. The quantitative estimate of drug-likeness (QED) is 0.820. The predicted octanol–water partition coefficient (Wildman–Crippen LogP) is 3.37. The lowest BCUT2D eigenvalue weighted by Gasteiger charge is -2.20. The van der Waals surface area contributed by atoms with Crippen molar-refractivity contribution in [2.24, 2.45) is 5.92 Å². The second-order valence-electron chi connectivity index (χ2n) is 5.95. The van der Waals surface area contributed by atoms with E-state index in [1.807, 2.05) is 12.1 Å². The minimum atomic E-state index is -3.42. The summed E-state index contributed by atoms with van der Waals surface area (Å²) in [5, 5.41) is 3.46. The smallest absolute Gasteiger partial charge is 0.242 e. The molecule has 2 N–H and O–H groups in total. The molecule has 4 nitrogen and oxygen atoms in total. The van der Waals surface area contributed by atoms with Crippen molar-refractivity contribution < 1.29 is 8.42 Å². The SMILES string of the molecule is CCNS(=O)(=O)c1ccccc1NC1CCCC(C)CC1. The van der Waals surface area contributed by atoms with E-state index in [9.17, 15) is 8.42 Å². The molecule has 0 aliphatic heterocycles. The van der Waals surface area contributed by atoms with Gasteiger partial charge in [-0.3, -0.25) is 0 Å². The second-order valence-corrected chi connectivity index (χ2v) is 7.69. The summed E-state index contributed by atoms with van der Waals surface area (Å²) >= 11 is 0. The molecule has 2 unspecified atom stereocenters. The maximum absolute atomic E-state index is 12.3. The van der Waals surface area contributed by atoms with Crippen LogP contribution in [0.25, 0.3) is 0 Å². The molecule has 2 atom stereocenters. The van der Waals surface area contributed by atoms with Crippen molar-refractivity contribution in [3.05, 3.63) is 24.3 Å². The molecule has 0 spiro atoms. The van der Waals surface area contributed by atoms with Crippen molar-refractivity contribution in [2.75, 3.05) is 11.9 Å². The summed E-state index contributed by atoms with van der Waals surface area (Å²) in [6.07, 6.45) is 5.91. The zero-order valence-electron chi connectivity index (χ0n) is 12.9. The molecule has 1 fully saturated rings. The maximum atomic E-state index is 12.3. The Labute approximate surface area is 128 Å². The van der Waals surface area contributed by atoms with Gasteiger partial charge in [0.15, 0.2) is 0 Å². The lowest BCUT2D eigenvalue weighted by molar-refractivity contribution is 0.502. The highest BCUT2D eigenvalue weighted by Crippen LogP contribution is 2.27. The summed E-state index contributed by atoms with van der Waals surface area (Å²) in [5.74, 6) is 0.775. The summed E-state index contributed by atoms with van der Waals surface area (Å²) in [6, 6.07) is 7.54. The van der Waals surface area contributed by atoms with E-state index in [1.165, 1.54) is 19.3 Å². The minimum Gasteiger partial charge on any atom is -0.381 e. The Morgan fingerprint density at radius 2 is 1.90 bits per heavy atom. The Morgan fingerprint density at radius 3 is 2.67 bits per heavy atom. The zero-order valence-corrected chi connectivity index (χ0v) is 13.7. The van der Waals surface area contributed by atoms with Gasteiger partial charge in [-0.05, 0) is 37.3 Å². The minimum absolute atomic E-state index is 0.351. The number of benzene rings is 1. The molecule has 5 heteroatoms. The second kappa shape index (κ2) is 7.27. The summed E-state index contributed by atoms with van der Waals surface area (Å²) in [7, 11) is -3.42. The molecule has 0 radical (unpaired) electrons. The van der Waals surface area contributed by atoms with Crippen molar-refractivity contribution in [1.29, 1.82) is 0 Å². The molecule has 2 rings (SSSR count). The van der Waals surface area contributed by atoms with Gasteiger partial charge in [0, 0.05) is 12.6 Å². The topological polar surface area (TPSA) is 58.2 Å². The fraction of sp³-hybridized carbons (Fsp3) is 0.625. The molecule has 0 saturated heterocycles. The van der Waals surface area contributed by atoms with Gasteiger partial charge in [0.25, 0.3) is 0 Å². The monoisotopic (exact) mass is 310 g/mol. The summed E-state index contributed by atoms with van der Waals surface area (Å²) < 4.78 is 27.1. The van der Waals surface area contributed by atoms with Crippen molar-refractivity contribution in [2.45, 2.75) is 56.9 Å². The number of hydrogen-bond acceptors (Lipinski definition) is 3. The van der Waals surface area contributed by atoms with E-state index in [0.717, 1.165) is 24.4 Å². The van der Waals surface area contributed by atoms with Gasteiger partial charge < -0.3 is 5.32 Å². The normalized spacial score (nSPS) is 23.5. The van der Waals surface area contributed by atoms with Crippen LogP contribution in [0, 0.1) is 5.92 Å². The van der Waals surface area contributed by atoms with Crippen LogP contribution >= 0.6 is 0 Å². The molecule has 21 heavy (non-hydrogen) atoms. The highest BCUT2D eigenvalue weighted by molar-refractivity contribution is 7.89. The third-order valence-electron chi connectivity index (χ3n) is 4.13. The highest BCUT2D eigenvalue weighted by atomic mass is 32.2. The van der Waals surface area contributed by atoms with Crippen LogP contribution in [0.3, 0.4) is 0 Å². The largest absolute Gasteiger partial charge is 0.381 e. The van der Waals surface area contributed by atoms with E-state index in [-0.39, 0.29) is 0 Å². The molecule has 1 aliphatic carbocycles. The van der Waals surface area contributed by atoms with Crippen molar-refractivity contribution >= 4 is 15.7 Å². The summed E-state index contributed by atoms with van der Waals surface area (Å²) in [6.45, 7) is 4.49. The third kappa shape index (κ3) is 4.45. The van der Waals surface area contributed by atoms with Gasteiger partial charge >= 0.3 is 0 Å². The number of rotatable bonds is 5. The van der Waals surface area contributed by atoms with Crippen molar-refractivity contribution in [3.8, 4) is 0 Å². The lowest BCUT2D eigenvalue weighted by Crippen LogP contribution is -2.26. The van der Waals surface area contributed by atoms with Gasteiger partial charge in [0.1, 0.15) is 4.90 Å². The predicted molar refractivity (Wildman–Crippen MR) is 87.0 cm³/mol. The summed E-state index contributed by atoms with van der Waals surface area (Å²) in [5.41, 5.74) is 0.720. The van der Waals surface area contributed by atoms with E-state index in [1.54, 1.807) is 19.1 Å². The first-order valence-corrected chi connectivity index (χ1v) is 9.36. The Bertz CT molecular complexity index is 557. The van der Waals surface area contributed by atoms with Crippen LogP contribution in [0.5, 0.6) is 0 Å². The molecule has 0 heterocycles. The molecule has 1 saturated carbocycles. The summed E-state index contributed by atoms with van der Waals surface area (Å²) in [4.78, 5) is 0.351. The van der Waals surface area contributed by atoms with E-state index < -0.39 is 10.0 Å². The van der Waals surface area contributed by atoms with E-state index in [0.29, 0.717) is 17.5 Å². The molecule has 0 aromatic heterocycles. The third-order valence-corrected chi connectivity index (χ3v) is 5.73. The van der Waals surface area contributed by atoms with Gasteiger partial charge in [-0.2, -0.15) is 0 Å². The van der Waals surface area contributed by atoms with Crippen LogP contribution in [-0.2, 0) is 10.0 Å². The van der Waals surface area contributed by atoms with Crippen LogP contribution < -0.4 is 10.0 Å². The first-order chi connectivity index (χ1) is 10.0. The fourth-order valence-electron chi connectivity index (χ4n) is 2.94. The molecule has 1 aromatic rings. The Kier molecular flexibility index (Phi) is 5.65. The van der Waals surface area contributed by atoms with Gasteiger partial charge in [0.05, 0.1) is 5.69 Å².